The zero-order valence-electron chi connectivity index (χ0n) is 20.2. The number of carbonyl (C=O) groups is 1. The molecule has 1 amide bonds. The number of nitrogens with zero attached hydrogens (tertiary/aromatic N) is 1. The highest BCUT2D eigenvalue weighted by Gasteiger charge is 2.31. The van der Waals surface area contributed by atoms with Gasteiger partial charge in [-0.25, -0.2) is 13.6 Å². The van der Waals surface area contributed by atoms with Gasteiger partial charge in [-0.05, 0) is 68.9 Å². The van der Waals surface area contributed by atoms with Crippen molar-refractivity contribution >= 4 is 21.6 Å². The summed E-state index contributed by atoms with van der Waals surface area (Å²) in [4.78, 5) is 15.0. The maximum Gasteiger partial charge on any atom is 0.238 e. The first-order valence-corrected chi connectivity index (χ1v) is 13.0. The predicted molar refractivity (Wildman–Crippen MR) is 136 cm³/mol. The molecule has 6 heteroatoms. The highest BCUT2D eigenvalue weighted by molar-refractivity contribution is 7.89. The number of sulfonamides is 1. The Balaban J connectivity index is 2.07. The number of anilines is 1. The van der Waals surface area contributed by atoms with Crippen molar-refractivity contribution in [3.05, 3.63) is 70.8 Å². The van der Waals surface area contributed by atoms with Crippen LogP contribution in [0.25, 0.3) is 11.1 Å². The Bertz CT molecular complexity index is 1230. The molecule has 2 N–H and O–H groups in total. The van der Waals surface area contributed by atoms with Crippen LogP contribution < -0.4 is 10.0 Å². The molecule has 0 saturated carbocycles. The molecule has 33 heavy (non-hydrogen) atoms. The minimum absolute atomic E-state index is 0.0959. The summed E-state index contributed by atoms with van der Waals surface area (Å²) >= 11 is 0. The minimum atomic E-state index is -3.85. The zero-order valence-corrected chi connectivity index (χ0v) is 21.0. The number of benzene rings is 2. The molecule has 1 aliphatic rings. The predicted octanol–water partition coefficient (Wildman–Crippen LogP) is 5.92. The van der Waals surface area contributed by atoms with E-state index in [2.05, 4.69) is 40.7 Å². The molecule has 1 unspecified atom stereocenters. The van der Waals surface area contributed by atoms with Crippen LogP contribution in [0, 0.1) is 0 Å². The smallest absolute Gasteiger partial charge is 0.238 e. The van der Waals surface area contributed by atoms with Crippen LogP contribution in [0.3, 0.4) is 0 Å². The van der Waals surface area contributed by atoms with Gasteiger partial charge in [-0.2, -0.15) is 0 Å². The van der Waals surface area contributed by atoms with Crippen LogP contribution in [0.2, 0.25) is 0 Å². The van der Waals surface area contributed by atoms with E-state index >= 15 is 0 Å². The van der Waals surface area contributed by atoms with E-state index in [0.29, 0.717) is 18.5 Å². The summed E-state index contributed by atoms with van der Waals surface area (Å²) in [5.41, 5.74) is 7.03. The van der Waals surface area contributed by atoms with Gasteiger partial charge in [0.2, 0.25) is 15.9 Å². The molecule has 2 aromatic rings. The van der Waals surface area contributed by atoms with Crippen molar-refractivity contribution in [3.63, 3.8) is 0 Å². The average Bonchev–Trinajstić information content (AvgIpc) is 2.79. The maximum atomic E-state index is 13.1. The van der Waals surface area contributed by atoms with Gasteiger partial charge in [-0.15, -0.1) is 0 Å². The number of nitrogens with two attached hydrogens (primary N) is 1. The molecule has 5 nitrogen and oxygen atoms in total. The minimum Gasteiger partial charge on any atom is -0.308 e. The van der Waals surface area contributed by atoms with Crippen molar-refractivity contribution in [2.45, 2.75) is 64.7 Å². The number of carbonyl (C=O) groups excluding carboxylic acids is 1. The summed E-state index contributed by atoms with van der Waals surface area (Å²) in [5.74, 6) is 0.215. The Morgan fingerprint density at radius 3 is 2.45 bits per heavy atom. The monoisotopic (exact) mass is 466 g/mol. The van der Waals surface area contributed by atoms with E-state index < -0.39 is 10.0 Å². The molecule has 1 heterocycles. The molecule has 3 rings (SSSR count). The molecular weight excluding hydrogens is 432 g/mol. The largest absolute Gasteiger partial charge is 0.308 e. The summed E-state index contributed by atoms with van der Waals surface area (Å²) in [7, 11) is -3.85. The topological polar surface area (TPSA) is 80.5 Å². The SMILES string of the molecule is CCC(C)=C(C)/C=C(\C)CN1C(=O)CC(CC)c2cc(-c3ccccc3S(N)(=O)=O)ccc21. The van der Waals surface area contributed by atoms with E-state index in [1.165, 1.54) is 17.2 Å². The van der Waals surface area contributed by atoms with Crippen molar-refractivity contribution in [2.24, 2.45) is 5.14 Å². The second kappa shape index (κ2) is 10.1. The van der Waals surface area contributed by atoms with Gasteiger partial charge >= 0.3 is 0 Å². The molecule has 1 atom stereocenters. The van der Waals surface area contributed by atoms with E-state index in [0.717, 1.165) is 35.2 Å². The first kappa shape index (κ1) is 24.9. The average molecular weight is 467 g/mol. The third-order valence-corrected chi connectivity index (χ3v) is 7.52. The standard InChI is InChI=1S/C27H34N2O3S/c1-6-19(4)20(5)14-18(3)17-29-25-13-12-22(15-24(25)21(7-2)16-27(29)30)23-10-8-9-11-26(23)33(28,31)32/h8-15,21H,6-7,16-17H2,1-5H3,(H2,28,31,32)/b18-14+,20-19?. The number of fused-ring (bicyclic) bond motifs is 1. The normalized spacial score (nSPS) is 17.6. The quantitative estimate of drug-likeness (QED) is 0.514. The molecule has 0 spiro atoms. The van der Waals surface area contributed by atoms with Crippen LogP contribution in [0.4, 0.5) is 5.69 Å². The molecule has 0 bridgehead atoms. The molecule has 176 valence electrons. The van der Waals surface area contributed by atoms with E-state index in [1.807, 2.05) is 23.1 Å². The van der Waals surface area contributed by atoms with Crippen molar-refractivity contribution in [1.82, 2.24) is 0 Å². The summed E-state index contributed by atoms with van der Waals surface area (Å²) < 4.78 is 24.3. The zero-order chi connectivity index (χ0) is 24.3. The maximum absolute atomic E-state index is 13.1. The van der Waals surface area contributed by atoms with Gasteiger partial charge in [0, 0.05) is 24.2 Å². The van der Waals surface area contributed by atoms with Crippen LogP contribution in [0.15, 0.2) is 70.2 Å². The molecule has 2 aromatic carbocycles. The number of rotatable bonds is 7. The molecular formula is C27H34N2O3S. The molecule has 0 saturated heterocycles. The van der Waals surface area contributed by atoms with Gasteiger partial charge in [0.25, 0.3) is 0 Å². The number of amides is 1. The Kier molecular flexibility index (Phi) is 7.60. The Hall–Kier alpha value is -2.70. The number of primary sulfonamides is 1. The lowest BCUT2D eigenvalue weighted by atomic mass is 9.85. The lowest BCUT2D eigenvalue weighted by Crippen LogP contribution is -2.37. The van der Waals surface area contributed by atoms with E-state index in [1.54, 1.807) is 18.2 Å². The fourth-order valence-electron chi connectivity index (χ4n) is 4.42. The molecule has 1 aliphatic heterocycles. The fourth-order valence-corrected chi connectivity index (χ4v) is 5.18. The third-order valence-electron chi connectivity index (χ3n) is 6.55. The molecule has 0 fully saturated rings. The van der Waals surface area contributed by atoms with E-state index in [-0.39, 0.29) is 16.7 Å². The highest BCUT2D eigenvalue weighted by Crippen LogP contribution is 2.41. The van der Waals surface area contributed by atoms with E-state index in [9.17, 15) is 13.2 Å². The van der Waals surface area contributed by atoms with Gasteiger partial charge in [0.1, 0.15) is 0 Å². The van der Waals surface area contributed by atoms with Crippen LogP contribution in [0.1, 0.15) is 65.4 Å². The van der Waals surface area contributed by atoms with Crippen LogP contribution in [0.5, 0.6) is 0 Å². The van der Waals surface area contributed by atoms with E-state index in [4.69, 9.17) is 5.14 Å². The van der Waals surface area contributed by atoms with Crippen molar-refractivity contribution in [1.29, 1.82) is 0 Å². The summed E-state index contributed by atoms with van der Waals surface area (Å²) in [6.07, 6.45) is 4.44. The van der Waals surface area contributed by atoms with Crippen molar-refractivity contribution < 1.29 is 13.2 Å². The van der Waals surface area contributed by atoms with Gasteiger partial charge in [0.05, 0.1) is 4.90 Å². The van der Waals surface area contributed by atoms with Crippen molar-refractivity contribution in [2.75, 3.05) is 11.4 Å². The summed E-state index contributed by atoms with van der Waals surface area (Å²) in [5, 5.41) is 5.46. The molecule has 0 aromatic heterocycles. The third kappa shape index (κ3) is 5.45. The van der Waals surface area contributed by atoms with Gasteiger partial charge in [-0.3, -0.25) is 4.79 Å². The Morgan fingerprint density at radius 2 is 1.82 bits per heavy atom. The number of allylic oxidation sites excluding steroid dienone is 3. The van der Waals surface area contributed by atoms with Crippen molar-refractivity contribution in [3.8, 4) is 11.1 Å². The second-order valence-electron chi connectivity index (χ2n) is 8.91. The second-order valence-corrected chi connectivity index (χ2v) is 10.4. The van der Waals surface area contributed by atoms with Gasteiger partial charge in [-0.1, -0.05) is 60.9 Å². The number of hydrogen-bond donors (Lipinski definition) is 1. The fraction of sp³-hybridized carbons (Fsp3) is 0.370. The van der Waals surface area contributed by atoms with Crippen LogP contribution >= 0.6 is 0 Å². The summed E-state index contributed by atoms with van der Waals surface area (Å²) in [6.45, 7) is 11.0. The Labute approximate surface area is 198 Å². The van der Waals surface area contributed by atoms with Gasteiger partial charge < -0.3 is 4.90 Å². The number of hydrogen-bond acceptors (Lipinski definition) is 3. The highest BCUT2D eigenvalue weighted by atomic mass is 32.2. The summed E-state index contributed by atoms with van der Waals surface area (Å²) in [6, 6.07) is 12.6. The lowest BCUT2D eigenvalue weighted by Gasteiger charge is -2.34. The van der Waals surface area contributed by atoms with Gasteiger partial charge in [0.15, 0.2) is 0 Å². The Morgan fingerprint density at radius 1 is 1.12 bits per heavy atom. The van der Waals surface area contributed by atoms with Crippen LogP contribution in [-0.4, -0.2) is 20.9 Å². The lowest BCUT2D eigenvalue weighted by molar-refractivity contribution is -0.119. The first-order chi connectivity index (χ1) is 15.6. The van der Waals surface area contributed by atoms with Crippen LogP contribution in [-0.2, 0) is 14.8 Å². The molecule has 0 aliphatic carbocycles. The molecule has 0 radical (unpaired) electrons. The first-order valence-electron chi connectivity index (χ1n) is 11.5.